The Kier molecular flexibility index (Phi) is 9.42. The highest BCUT2D eigenvalue weighted by Gasteiger charge is 2.36. The molecule has 2 aliphatic heterocycles. The second-order valence-corrected chi connectivity index (χ2v) is 10.4. The lowest BCUT2D eigenvalue weighted by atomic mass is 10.1. The predicted molar refractivity (Wildman–Crippen MR) is 146 cm³/mol. The fraction of sp³-hybridized carbons (Fsp3) is 0.429. The lowest BCUT2D eigenvalue weighted by Crippen LogP contribution is -2.46. The van der Waals surface area contributed by atoms with E-state index >= 15 is 0 Å². The largest absolute Gasteiger partial charge is 0.493 e. The molecule has 208 valence electrons. The van der Waals surface area contributed by atoms with E-state index in [0.29, 0.717) is 59.4 Å². The number of likely N-dealkylation sites (tertiary alicyclic amines) is 1. The standard InChI is InChI=1S/C28H33ClN4O6/c1-3-4-25(26(35)30-17-34)33-14-20-6-5-18(9-24(20)27(33)36)15-39-28(37)31-22-10-21(29)11-23(12-22)38-16-19-7-8-32(2)13-19/h5-6,9-12,17,19,25H,3-4,7-8,13-16H2,1-2H3,(H,31,37)(H,30,34,35). The Morgan fingerprint density at radius 3 is 2.77 bits per heavy atom. The van der Waals surface area contributed by atoms with Crippen molar-refractivity contribution in [2.24, 2.45) is 5.92 Å². The number of fused-ring (bicyclic) bond motifs is 1. The Morgan fingerprint density at radius 1 is 1.23 bits per heavy atom. The molecule has 2 atom stereocenters. The van der Waals surface area contributed by atoms with E-state index in [0.717, 1.165) is 25.1 Å². The van der Waals surface area contributed by atoms with Gasteiger partial charge in [0.15, 0.2) is 0 Å². The fourth-order valence-electron chi connectivity index (χ4n) is 4.97. The first-order valence-corrected chi connectivity index (χ1v) is 13.4. The van der Waals surface area contributed by atoms with Crippen LogP contribution in [0.2, 0.25) is 5.02 Å². The zero-order valence-electron chi connectivity index (χ0n) is 22.1. The molecule has 0 aromatic heterocycles. The third-order valence-corrected chi connectivity index (χ3v) is 7.13. The number of rotatable bonds is 11. The normalized spacial score (nSPS) is 17.5. The predicted octanol–water partition coefficient (Wildman–Crippen LogP) is 3.82. The van der Waals surface area contributed by atoms with Crippen LogP contribution in [0.4, 0.5) is 10.5 Å². The summed E-state index contributed by atoms with van der Waals surface area (Å²) in [5, 5.41) is 5.25. The van der Waals surface area contributed by atoms with Gasteiger partial charge in [-0.1, -0.05) is 37.1 Å². The number of carbonyl (C=O) groups excluding carboxylic acids is 4. The number of hydrogen-bond donors (Lipinski definition) is 2. The molecule has 2 aliphatic rings. The first-order valence-electron chi connectivity index (χ1n) is 13.0. The van der Waals surface area contributed by atoms with E-state index in [1.807, 2.05) is 6.92 Å². The van der Waals surface area contributed by atoms with Crippen molar-refractivity contribution in [1.82, 2.24) is 15.1 Å². The molecule has 39 heavy (non-hydrogen) atoms. The van der Waals surface area contributed by atoms with Gasteiger partial charge in [0, 0.05) is 41.3 Å². The van der Waals surface area contributed by atoms with Crippen molar-refractivity contribution in [2.45, 2.75) is 45.4 Å². The summed E-state index contributed by atoms with van der Waals surface area (Å²) in [7, 11) is 2.09. The summed E-state index contributed by atoms with van der Waals surface area (Å²) in [6.07, 6.45) is 1.83. The van der Waals surface area contributed by atoms with Crippen LogP contribution in [0.25, 0.3) is 0 Å². The molecule has 2 N–H and O–H groups in total. The molecule has 0 saturated carbocycles. The smallest absolute Gasteiger partial charge is 0.411 e. The van der Waals surface area contributed by atoms with Gasteiger partial charge in [-0.25, -0.2) is 4.79 Å². The molecule has 2 aromatic rings. The van der Waals surface area contributed by atoms with Gasteiger partial charge in [0.25, 0.3) is 5.91 Å². The Balaban J connectivity index is 1.33. The minimum Gasteiger partial charge on any atom is -0.493 e. The number of hydrogen-bond acceptors (Lipinski definition) is 7. The molecular weight excluding hydrogens is 524 g/mol. The van der Waals surface area contributed by atoms with E-state index in [1.165, 1.54) is 4.90 Å². The summed E-state index contributed by atoms with van der Waals surface area (Å²) in [5.41, 5.74) is 2.28. The van der Waals surface area contributed by atoms with Crippen molar-refractivity contribution in [3.63, 3.8) is 0 Å². The first kappa shape index (κ1) is 28.4. The molecule has 4 rings (SSSR count). The van der Waals surface area contributed by atoms with Crippen LogP contribution in [0.3, 0.4) is 0 Å². The number of halogens is 1. The maximum Gasteiger partial charge on any atom is 0.411 e. The fourth-order valence-corrected chi connectivity index (χ4v) is 5.19. The van der Waals surface area contributed by atoms with Crippen molar-refractivity contribution in [3.05, 3.63) is 58.1 Å². The number of benzene rings is 2. The van der Waals surface area contributed by atoms with Crippen molar-refractivity contribution in [2.75, 3.05) is 32.1 Å². The van der Waals surface area contributed by atoms with Gasteiger partial charge in [0.2, 0.25) is 12.3 Å². The minimum atomic E-state index is -0.739. The van der Waals surface area contributed by atoms with E-state index in [-0.39, 0.29) is 19.1 Å². The summed E-state index contributed by atoms with van der Waals surface area (Å²) in [4.78, 5) is 52.4. The van der Waals surface area contributed by atoms with Gasteiger partial charge in [0.1, 0.15) is 18.4 Å². The van der Waals surface area contributed by atoms with Crippen LogP contribution in [-0.2, 0) is 27.5 Å². The molecule has 4 amide bonds. The van der Waals surface area contributed by atoms with E-state index < -0.39 is 18.0 Å². The second kappa shape index (κ2) is 12.9. The maximum atomic E-state index is 13.1. The van der Waals surface area contributed by atoms with Gasteiger partial charge in [-0.2, -0.15) is 0 Å². The van der Waals surface area contributed by atoms with Gasteiger partial charge in [-0.3, -0.25) is 25.0 Å². The molecule has 1 saturated heterocycles. The minimum absolute atomic E-state index is 0.0600. The van der Waals surface area contributed by atoms with Crippen molar-refractivity contribution in [1.29, 1.82) is 0 Å². The summed E-state index contributed by atoms with van der Waals surface area (Å²) >= 11 is 6.23. The molecule has 0 spiro atoms. The second-order valence-electron chi connectivity index (χ2n) is 9.96. The number of amides is 4. The number of ether oxygens (including phenoxy) is 2. The third-order valence-electron chi connectivity index (χ3n) is 6.91. The monoisotopic (exact) mass is 556 g/mol. The van der Waals surface area contributed by atoms with Crippen LogP contribution in [0, 0.1) is 5.92 Å². The highest BCUT2D eigenvalue weighted by Crippen LogP contribution is 2.28. The molecule has 0 bridgehead atoms. The zero-order chi connectivity index (χ0) is 27.9. The summed E-state index contributed by atoms with van der Waals surface area (Å²) in [6, 6.07) is 9.49. The topological polar surface area (TPSA) is 117 Å². The van der Waals surface area contributed by atoms with Crippen molar-refractivity contribution in [3.8, 4) is 5.75 Å². The quantitative estimate of drug-likeness (QED) is 0.404. The van der Waals surface area contributed by atoms with Crippen molar-refractivity contribution < 1.29 is 28.7 Å². The van der Waals surface area contributed by atoms with Gasteiger partial charge >= 0.3 is 6.09 Å². The average Bonchev–Trinajstić information content (AvgIpc) is 3.46. The molecule has 10 nitrogen and oxygen atoms in total. The molecular formula is C28H33ClN4O6. The Morgan fingerprint density at radius 2 is 2.05 bits per heavy atom. The van der Waals surface area contributed by atoms with Gasteiger partial charge in [-0.05, 0) is 55.8 Å². The summed E-state index contributed by atoms with van der Waals surface area (Å²) < 4.78 is 11.3. The SMILES string of the molecule is CCCC(C(=O)NC=O)N1Cc2ccc(COC(=O)Nc3cc(Cl)cc(OCC4CCN(C)C4)c3)cc2C1=O. The Labute approximate surface area is 232 Å². The van der Waals surface area contributed by atoms with Gasteiger partial charge in [-0.15, -0.1) is 0 Å². The molecule has 2 aromatic carbocycles. The van der Waals surface area contributed by atoms with Crippen LogP contribution in [0.5, 0.6) is 5.75 Å². The van der Waals surface area contributed by atoms with E-state index in [2.05, 4.69) is 22.6 Å². The van der Waals surface area contributed by atoms with Crippen LogP contribution in [0.1, 0.15) is 47.7 Å². The number of carbonyl (C=O) groups is 4. The first-order chi connectivity index (χ1) is 18.8. The Bertz CT molecular complexity index is 1240. The zero-order valence-corrected chi connectivity index (χ0v) is 22.8. The summed E-state index contributed by atoms with van der Waals surface area (Å²) in [6.45, 7) is 4.72. The van der Waals surface area contributed by atoms with Crippen molar-refractivity contribution >= 4 is 41.6 Å². The number of nitrogens with one attached hydrogen (secondary N) is 2. The molecule has 2 heterocycles. The van der Waals surface area contributed by atoms with Crippen LogP contribution in [-0.4, -0.2) is 66.9 Å². The molecule has 0 radical (unpaired) electrons. The molecule has 1 fully saturated rings. The molecule has 11 heteroatoms. The van der Waals surface area contributed by atoms with Gasteiger partial charge in [0.05, 0.1) is 6.61 Å². The number of nitrogens with zero attached hydrogens (tertiary/aromatic N) is 2. The highest BCUT2D eigenvalue weighted by atomic mass is 35.5. The highest BCUT2D eigenvalue weighted by molar-refractivity contribution is 6.31. The van der Waals surface area contributed by atoms with E-state index in [9.17, 15) is 19.2 Å². The van der Waals surface area contributed by atoms with Gasteiger partial charge < -0.3 is 19.3 Å². The molecule has 2 unspecified atom stereocenters. The number of anilines is 1. The lowest BCUT2D eigenvalue weighted by Gasteiger charge is -2.25. The average molecular weight is 557 g/mol. The van der Waals surface area contributed by atoms with Crippen LogP contribution >= 0.6 is 11.6 Å². The summed E-state index contributed by atoms with van der Waals surface area (Å²) in [5.74, 6) is 0.213. The van der Waals surface area contributed by atoms with Crippen LogP contribution in [0.15, 0.2) is 36.4 Å². The van der Waals surface area contributed by atoms with E-state index in [4.69, 9.17) is 21.1 Å². The maximum absolute atomic E-state index is 13.1. The van der Waals surface area contributed by atoms with E-state index in [1.54, 1.807) is 36.4 Å². The van der Waals surface area contributed by atoms with Crippen LogP contribution < -0.4 is 15.4 Å². The molecule has 0 aliphatic carbocycles. The Hall–Kier alpha value is -3.63. The third kappa shape index (κ3) is 7.27. The lowest BCUT2D eigenvalue weighted by molar-refractivity contribution is -0.129. The number of imide groups is 1.